The quantitative estimate of drug-likeness (QED) is 0.725. The zero-order valence-electron chi connectivity index (χ0n) is 10.2. The Morgan fingerprint density at radius 3 is 2.65 bits per heavy atom. The Hall–Kier alpha value is -0.270. The first-order valence-electron chi connectivity index (χ1n) is 5.54. The molecule has 0 bridgehead atoms. The minimum Gasteiger partial charge on any atom is -0.352 e. The molecule has 0 aromatic rings. The number of thioether (sulfide) groups is 1. The lowest BCUT2D eigenvalue weighted by Crippen LogP contribution is -2.38. The van der Waals surface area contributed by atoms with Crippen LogP contribution in [0.5, 0.6) is 0 Å². The van der Waals surface area contributed by atoms with Gasteiger partial charge in [-0.25, -0.2) is 8.42 Å². The number of nitrogens with one attached hydrogen (secondary N) is 1. The Bertz CT molecular complexity index is 374. The van der Waals surface area contributed by atoms with Gasteiger partial charge in [0.25, 0.3) is 0 Å². The molecule has 5 nitrogen and oxygen atoms in total. The van der Waals surface area contributed by atoms with E-state index in [9.17, 15) is 13.2 Å². The van der Waals surface area contributed by atoms with Crippen LogP contribution in [0, 0.1) is 0 Å². The maximum atomic E-state index is 11.5. The second-order valence-corrected chi connectivity index (χ2v) is 8.36. The highest BCUT2D eigenvalue weighted by molar-refractivity contribution is 8.00. The Morgan fingerprint density at radius 2 is 2.18 bits per heavy atom. The molecule has 7 heteroatoms. The monoisotopic (exact) mass is 280 g/mol. The van der Waals surface area contributed by atoms with Crippen LogP contribution in [0.3, 0.4) is 0 Å². The van der Waals surface area contributed by atoms with E-state index in [4.69, 9.17) is 5.73 Å². The Balaban J connectivity index is 2.22. The van der Waals surface area contributed by atoms with Crippen LogP contribution < -0.4 is 11.1 Å². The summed E-state index contributed by atoms with van der Waals surface area (Å²) < 4.78 is 22.4. The third-order valence-corrected chi connectivity index (χ3v) is 5.49. The average Bonchev–Trinajstić information content (AvgIpc) is 2.42. The van der Waals surface area contributed by atoms with Crippen LogP contribution in [0.2, 0.25) is 0 Å². The summed E-state index contributed by atoms with van der Waals surface area (Å²) in [5.41, 5.74) is 5.50. The van der Waals surface area contributed by atoms with Gasteiger partial charge in [-0.1, -0.05) is 0 Å². The van der Waals surface area contributed by atoms with Crippen LogP contribution in [0.4, 0.5) is 0 Å². The minimum absolute atomic E-state index is 0.0752. The zero-order chi connectivity index (χ0) is 13.1. The van der Waals surface area contributed by atoms with E-state index in [1.165, 1.54) is 11.8 Å². The summed E-state index contributed by atoms with van der Waals surface area (Å²) in [6, 6.07) is -0.209. The van der Waals surface area contributed by atoms with Crippen LogP contribution >= 0.6 is 11.8 Å². The largest absolute Gasteiger partial charge is 0.352 e. The summed E-state index contributed by atoms with van der Waals surface area (Å²) in [5.74, 6) is 1.18. The Labute approximate surface area is 107 Å². The molecule has 1 aliphatic heterocycles. The van der Waals surface area contributed by atoms with Crippen molar-refractivity contribution in [2.75, 3.05) is 23.0 Å². The fourth-order valence-corrected chi connectivity index (χ4v) is 4.16. The first-order valence-corrected chi connectivity index (χ1v) is 8.52. The van der Waals surface area contributed by atoms with Gasteiger partial charge in [0, 0.05) is 17.3 Å². The SMILES string of the molecule is CC(C)(N)CSCC(=O)NC1CCS(=O)(=O)C1. The summed E-state index contributed by atoms with van der Waals surface area (Å²) >= 11 is 1.47. The second-order valence-electron chi connectivity index (χ2n) is 5.15. The van der Waals surface area contributed by atoms with Crippen LogP contribution in [0.15, 0.2) is 0 Å². The van der Waals surface area contributed by atoms with Gasteiger partial charge in [-0.2, -0.15) is 11.8 Å². The van der Waals surface area contributed by atoms with Gasteiger partial charge in [-0.05, 0) is 20.3 Å². The highest BCUT2D eigenvalue weighted by Crippen LogP contribution is 2.12. The minimum atomic E-state index is -2.93. The Kier molecular flexibility index (Phi) is 4.86. The summed E-state index contributed by atoms with van der Waals surface area (Å²) in [7, 11) is -2.93. The molecular weight excluding hydrogens is 260 g/mol. The number of carbonyl (C=O) groups is 1. The predicted octanol–water partition coefficient (Wildman–Crippen LogP) is -0.240. The molecule has 1 saturated heterocycles. The topological polar surface area (TPSA) is 89.3 Å². The van der Waals surface area contributed by atoms with E-state index in [-0.39, 0.29) is 29.0 Å². The number of nitrogens with two attached hydrogens (primary N) is 1. The number of sulfone groups is 1. The van der Waals surface area contributed by atoms with E-state index in [1.54, 1.807) is 0 Å². The zero-order valence-corrected chi connectivity index (χ0v) is 11.9. The van der Waals surface area contributed by atoms with Crippen LogP contribution in [0.25, 0.3) is 0 Å². The lowest BCUT2D eigenvalue weighted by Gasteiger charge is -2.17. The van der Waals surface area contributed by atoms with E-state index >= 15 is 0 Å². The smallest absolute Gasteiger partial charge is 0.230 e. The van der Waals surface area contributed by atoms with Crippen LogP contribution in [-0.2, 0) is 14.6 Å². The van der Waals surface area contributed by atoms with Crippen molar-refractivity contribution in [1.82, 2.24) is 5.32 Å². The molecular formula is C10H20N2O3S2. The number of amides is 1. The lowest BCUT2D eigenvalue weighted by atomic mass is 10.1. The first kappa shape index (κ1) is 14.8. The highest BCUT2D eigenvalue weighted by atomic mass is 32.2. The molecule has 1 amide bonds. The van der Waals surface area contributed by atoms with E-state index in [1.807, 2.05) is 13.8 Å². The molecule has 0 aromatic heterocycles. The Morgan fingerprint density at radius 1 is 1.53 bits per heavy atom. The third kappa shape index (κ3) is 6.28. The molecule has 1 atom stereocenters. The number of carbonyl (C=O) groups excluding carboxylic acids is 1. The lowest BCUT2D eigenvalue weighted by molar-refractivity contribution is -0.119. The van der Waals surface area contributed by atoms with Gasteiger partial charge in [0.05, 0.1) is 17.3 Å². The van der Waals surface area contributed by atoms with Gasteiger partial charge < -0.3 is 11.1 Å². The van der Waals surface area contributed by atoms with E-state index in [0.29, 0.717) is 17.9 Å². The highest BCUT2D eigenvalue weighted by Gasteiger charge is 2.28. The molecule has 0 saturated carbocycles. The van der Waals surface area contributed by atoms with Crippen molar-refractivity contribution in [3.8, 4) is 0 Å². The fourth-order valence-electron chi connectivity index (χ4n) is 1.58. The molecule has 3 N–H and O–H groups in total. The van der Waals surface area contributed by atoms with Crippen LogP contribution in [-0.4, -0.2) is 48.9 Å². The van der Waals surface area contributed by atoms with Crippen molar-refractivity contribution in [2.45, 2.75) is 31.8 Å². The van der Waals surface area contributed by atoms with Gasteiger partial charge in [0.15, 0.2) is 9.84 Å². The van der Waals surface area contributed by atoms with Gasteiger partial charge in [0.2, 0.25) is 5.91 Å². The van der Waals surface area contributed by atoms with Crippen molar-refractivity contribution in [2.24, 2.45) is 5.73 Å². The summed E-state index contributed by atoms with van der Waals surface area (Å²) in [4.78, 5) is 11.5. The molecule has 17 heavy (non-hydrogen) atoms. The molecule has 0 aliphatic carbocycles. The summed E-state index contributed by atoms with van der Waals surface area (Å²) in [5, 5.41) is 2.74. The molecule has 1 aliphatic rings. The number of hydrogen-bond acceptors (Lipinski definition) is 5. The average molecular weight is 280 g/mol. The van der Waals surface area contributed by atoms with E-state index in [2.05, 4.69) is 5.32 Å². The number of hydrogen-bond donors (Lipinski definition) is 2. The first-order chi connectivity index (χ1) is 7.68. The molecule has 1 rings (SSSR count). The maximum Gasteiger partial charge on any atom is 0.230 e. The second kappa shape index (κ2) is 5.58. The van der Waals surface area contributed by atoms with Gasteiger partial charge >= 0.3 is 0 Å². The summed E-state index contributed by atoms with van der Waals surface area (Å²) in [6.07, 6.45) is 0.529. The van der Waals surface area contributed by atoms with Crippen molar-refractivity contribution in [3.63, 3.8) is 0 Å². The molecule has 0 radical (unpaired) electrons. The molecule has 1 unspecified atom stereocenters. The van der Waals surface area contributed by atoms with Gasteiger partial charge in [-0.3, -0.25) is 4.79 Å². The fraction of sp³-hybridized carbons (Fsp3) is 0.900. The van der Waals surface area contributed by atoms with Crippen molar-refractivity contribution in [1.29, 1.82) is 0 Å². The van der Waals surface area contributed by atoms with Gasteiger partial charge in [0.1, 0.15) is 0 Å². The molecule has 1 fully saturated rings. The predicted molar refractivity (Wildman–Crippen MR) is 70.8 cm³/mol. The maximum absolute atomic E-state index is 11.5. The van der Waals surface area contributed by atoms with Crippen molar-refractivity contribution >= 4 is 27.5 Å². The molecule has 0 aromatic carbocycles. The number of rotatable bonds is 5. The van der Waals surface area contributed by atoms with Crippen molar-refractivity contribution < 1.29 is 13.2 Å². The standard InChI is InChI=1S/C10H20N2O3S2/c1-10(2,11)7-16-5-9(13)12-8-3-4-17(14,15)6-8/h8H,3-7,11H2,1-2H3,(H,12,13). The third-order valence-electron chi connectivity index (χ3n) is 2.30. The normalized spacial score (nSPS) is 23.6. The van der Waals surface area contributed by atoms with E-state index in [0.717, 1.165) is 0 Å². The molecule has 1 heterocycles. The molecule has 100 valence electrons. The van der Waals surface area contributed by atoms with E-state index < -0.39 is 9.84 Å². The summed E-state index contributed by atoms with van der Waals surface area (Å²) in [6.45, 7) is 3.81. The van der Waals surface area contributed by atoms with Crippen molar-refractivity contribution in [3.05, 3.63) is 0 Å². The van der Waals surface area contributed by atoms with Gasteiger partial charge in [-0.15, -0.1) is 0 Å². The molecule has 0 spiro atoms. The van der Waals surface area contributed by atoms with Crippen LogP contribution in [0.1, 0.15) is 20.3 Å².